The van der Waals surface area contributed by atoms with Crippen molar-refractivity contribution in [2.24, 2.45) is 0 Å². The van der Waals surface area contributed by atoms with Gasteiger partial charge in [0, 0.05) is 17.2 Å². The second kappa shape index (κ2) is 8.83. The Morgan fingerprint density at radius 3 is 2.39 bits per heavy atom. The summed E-state index contributed by atoms with van der Waals surface area (Å²) in [6.45, 7) is 0.324. The minimum absolute atomic E-state index is 0.00529. The molecule has 8 heteroatoms. The summed E-state index contributed by atoms with van der Waals surface area (Å²) in [5.74, 6) is 0.550. The number of methoxy groups -OCH3 is 2. The van der Waals surface area contributed by atoms with Gasteiger partial charge in [0.2, 0.25) is 5.82 Å². The Morgan fingerprint density at radius 2 is 1.65 bits per heavy atom. The molecule has 0 spiro atoms. The van der Waals surface area contributed by atoms with E-state index < -0.39 is 11.6 Å². The standard InChI is InChI=1S/C23H18F2N2O4/c1-28-19-5-3-4-14(8-19)13-30-20-7-6-15(11-21(20)29-2)22-26-23(31-27-22)16-9-17(24)12-18(25)10-16/h3-12H,13H2,1-2H3. The van der Waals surface area contributed by atoms with Crippen molar-refractivity contribution in [1.82, 2.24) is 10.1 Å². The van der Waals surface area contributed by atoms with Crippen molar-refractivity contribution in [2.75, 3.05) is 14.2 Å². The summed E-state index contributed by atoms with van der Waals surface area (Å²) < 4.78 is 48.6. The van der Waals surface area contributed by atoms with Gasteiger partial charge >= 0.3 is 0 Å². The third-order valence-corrected chi connectivity index (χ3v) is 4.49. The van der Waals surface area contributed by atoms with Gasteiger partial charge in [-0.1, -0.05) is 17.3 Å². The molecular formula is C23H18F2N2O4. The molecule has 0 N–H and O–H groups in total. The molecule has 4 rings (SSSR count). The second-order valence-corrected chi connectivity index (χ2v) is 6.59. The number of halogens is 2. The van der Waals surface area contributed by atoms with Crippen LogP contribution in [-0.2, 0) is 6.61 Å². The zero-order chi connectivity index (χ0) is 21.8. The lowest BCUT2D eigenvalue weighted by atomic mass is 10.2. The van der Waals surface area contributed by atoms with Gasteiger partial charge in [-0.3, -0.25) is 0 Å². The molecule has 0 saturated carbocycles. The van der Waals surface area contributed by atoms with Crippen LogP contribution in [0.2, 0.25) is 0 Å². The largest absolute Gasteiger partial charge is 0.497 e. The molecule has 0 bridgehead atoms. The van der Waals surface area contributed by atoms with Crippen LogP contribution in [0, 0.1) is 11.6 Å². The van der Waals surface area contributed by atoms with Crippen LogP contribution < -0.4 is 14.2 Å². The first-order valence-corrected chi connectivity index (χ1v) is 9.30. The molecule has 3 aromatic carbocycles. The molecule has 0 aliphatic rings. The summed E-state index contributed by atoms with van der Waals surface area (Å²) in [6.07, 6.45) is 0. The number of rotatable bonds is 7. The Balaban J connectivity index is 1.54. The lowest BCUT2D eigenvalue weighted by Gasteiger charge is -2.12. The number of hydrogen-bond acceptors (Lipinski definition) is 6. The van der Waals surface area contributed by atoms with Crippen LogP contribution >= 0.6 is 0 Å². The van der Waals surface area contributed by atoms with E-state index in [9.17, 15) is 8.78 Å². The zero-order valence-corrected chi connectivity index (χ0v) is 16.8. The Bertz CT molecular complexity index is 1190. The van der Waals surface area contributed by atoms with Gasteiger partial charge < -0.3 is 18.7 Å². The molecule has 0 aliphatic heterocycles. The van der Waals surface area contributed by atoms with Crippen molar-refractivity contribution < 1.29 is 27.5 Å². The first kappa shape index (κ1) is 20.3. The lowest BCUT2D eigenvalue weighted by Crippen LogP contribution is -1.98. The van der Waals surface area contributed by atoms with Crippen LogP contribution in [0.25, 0.3) is 22.8 Å². The molecule has 0 radical (unpaired) electrons. The number of nitrogens with zero attached hydrogens (tertiary/aromatic N) is 2. The van der Waals surface area contributed by atoms with E-state index in [1.165, 1.54) is 7.11 Å². The topological polar surface area (TPSA) is 66.6 Å². The maximum atomic E-state index is 13.5. The highest BCUT2D eigenvalue weighted by atomic mass is 19.1. The average Bonchev–Trinajstić information content (AvgIpc) is 3.27. The maximum absolute atomic E-state index is 13.5. The van der Waals surface area contributed by atoms with Gasteiger partial charge in [0.05, 0.1) is 14.2 Å². The average molecular weight is 424 g/mol. The van der Waals surface area contributed by atoms with Gasteiger partial charge in [0.1, 0.15) is 24.0 Å². The summed E-state index contributed by atoms with van der Waals surface area (Å²) >= 11 is 0. The van der Waals surface area contributed by atoms with Crippen molar-refractivity contribution in [3.05, 3.63) is 77.9 Å². The molecule has 31 heavy (non-hydrogen) atoms. The number of benzene rings is 3. The first-order chi connectivity index (χ1) is 15.1. The van der Waals surface area contributed by atoms with E-state index >= 15 is 0 Å². The van der Waals surface area contributed by atoms with E-state index in [4.69, 9.17) is 18.7 Å². The van der Waals surface area contributed by atoms with Crippen LogP contribution in [-0.4, -0.2) is 24.4 Å². The number of ether oxygens (including phenoxy) is 3. The van der Waals surface area contributed by atoms with Crippen LogP contribution in [0.4, 0.5) is 8.78 Å². The van der Waals surface area contributed by atoms with Crippen molar-refractivity contribution in [1.29, 1.82) is 0 Å². The predicted molar refractivity (Wildman–Crippen MR) is 109 cm³/mol. The summed E-state index contributed by atoms with van der Waals surface area (Å²) in [5.41, 5.74) is 1.69. The first-order valence-electron chi connectivity index (χ1n) is 9.30. The van der Waals surface area contributed by atoms with E-state index in [0.717, 1.165) is 29.5 Å². The van der Waals surface area contributed by atoms with Crippen molar-refractivity contribution in [2.45, 2.75) is 6.61 Å². The van der Waals surface area contributed by atoms with E-state index in [-0.39, 0.29) is 17.3 Å². The van der Waals surface area contributed by atoms with Gasteiger partial charge in [0.15, 0.2) is 11.5 Å². The van der Waals surface area contributed by atoms with Crippen molar-refractivity contribution >= 4 is 0 Å². The van der Waals surface area contributed by atoms with Crippen LogP contribution in [0.15, 0.2) is 65.2 Å². The molecule has 158 valence electrons. The molecule has 0 amide bonds. The van der Waals surface area contributed by atoms with Gasteiger partial charge in [-0.25, -0.2) is 8.78 Å². The van der Waals surface area contributed by atoms with Gasteiger partial charge in [-0.15, -0.1) is 0 Å². The lowest BCUT2D eigenvalue weighted by molar-refractivity contribution is 0.284. The molecule has 0 fully saturated rings. The molecular weight excluding hydrogens is 406 g/mol. The second-order valence-electron chi connectivity index (χ2n) is 6.59. The van der Waals surface area contributed by atoms with Crippen molar-refractivity contribution in [3.63, 3.8) is 0 Å². The highest BCUT2D eigenvalue weighted by Gasteiger charge is 2.15. The predicted octanol–water partition coefficient (Wildman–Crippen LogP) is 5.28. The normalized spacial score (nSPS) is 10.7. The third-order valence-electron chi connectivity index (χ3n) is 4.49. The fraction of sp³-hybridized carbons (Fsp3) is 0.130. The molecule has 1 heterocycles. The molecule has 0 aliphatic carbocycles. The highest BCUT2D eigenvalue weighted by molar-refractivity contribution is 5.63. The molecule has 1 aromatic heterocycles. The Labute approximate surface area is 177 Å². The maximum Gasteiger partial charge on any atom is 0.258 e. The Hall–Kier alpha value is -3.94. The van der Waals surface area contributed by atoms with Crippen LogP contribution in [0.1, 0.15) is 5.56 Å². The summed E-state index contributed by atoms with van der Waals surface area (Å²) in [7, 11) is 3.13. The van der Waals surface area contributed by atoms with Gasteiger partial charge in [-0.05, 0) is 48.0 Å². The van der Waals surface area contributed by atoms with E-state index in [2.05, 4.69) is 10.1 Å². The minimum Gasteiger partial charge on any atom is -0.497 e. The van der Waals surface area contributed by atoms with Gasteiger partial charge in [0.25, 0.3) is 5.89 Å². The van der Waals surface area contributed by atoms with Crippen LogP contribution in [0.5, 0.6) is 17.2 Å². The quantitative estimate of drug-likeness (QED) is 0.402. The summed E-state index contributed by atoms with van der Waals surface area (Å²) in [4.78, 5) is 4.23. The van der Waals surface area contributed by atoms with E-state index in [0.29, 0.717) is 23.7 Å². The summed E-state index contributed by atoms with van der Waals surface area (Å²) in [6, 6.07) is 15.7. The number of aromatic nitrogens is 2. The zero-order valence-electron chi connectivity index (χ0n) is 16.8. The fourth-order valence-corrected chi connectivity index (χ4v) is 2.98. The molecule has 0 saturated heterocycles. The minimum atomic E-state index is -0.728. The third kappa shape index (κ3) is 4.63. The van der Waals surface area contributed by atoms with Crippen LogP contribution in [0.3, 0.4) is 0 Å². The molecule has 4 aromatic rings. The molecule has 6 nitrogen and oxygen atoms in total. The Kier molecular flexibility index (Phi) is 5.79. The highest BCUT2D eigenvalue weighted by Crippen LogP contribution is 2.33. The monoisotopic (exact) mass is 424 g/mol. The fourth-order valence-electron chi connectivity index (χ4n) is 2.98. The van der Waals surface area contributed by atoms with Crippen molar-refractivity contribution in [3.8, 4) is 40.1 Å². The Morgan fingerprint density at radius 1 is 0.839 bits per heavy atom. The summed E-state index contributed by atoms with van der Waals surface area (Å²) in [5, 5.41) is 3.90. The van der Waals surface area contributed by atoms with E-state index in [1.807, 2.05) is 24.3 Å². The van der Waals surface area contributed by atoms with E-state index in [1.54, 1.807) is 25.3 Å². The molecule has 0 unspecified atom stereocenters. The van der Waals surface area contributed by atoms with Gasteiger partial charge in [-0.2, -0.15) is 4.98 Å². The molecule has 0 atom stereocenters. The smallest absolute Gasteiger partial charge is 0.258 e. The number of hydrogen-bond donors (Lipinski definition) is 0. The SMILES string of the molecule is COc1cccc(COc2ccc(-c3noc(-c4cc(F)cc(F)c4)n3)cc2OC)c1.